The lowest BCUT2D eigenvalue weighted by molar-refractivity contribution is -0.117. The summed E-state index contributed by atoms with van der Waals surface area (Å²) < 4.78 is 33.1. The van der Waals surface area contributed by atoms with E-state index in [1.165, 1.54) is 21.5 Å². The van der Waals surface area contributed by atoms with Gasteiger partial charge in [-0.05, 0) is 67.8 Å². The molecule has 0 aliphatic carbocycles. The smallest absolute Gasteiger partial charge is 0.407 e. The SMILES string of the molecule is CC(C)(C)OC(=O)NCC(C(=O)Nc1cc(-c2ccnc3c2ccn3S(=O)(=O)c2ccccc2)cs1)c1ccccc1. The van der Waals surface area contributed by atoms with E-state index in [2.05, 4.69) is 15.6 Å². The quantitative estimate of drug-likeness (QED) is 0.217. The molecule has 0 radical (unpaired) electrons. The summed E-state index contributed by atoms with van der Waals surface area (Å²) in [5.41, 5.74) is 1.99. The van der Waals surface area contributed by atoms with Gasteiger partial charge in [0, 0.05) is 29.7 Å². The lowest BCUT2D eigenvalue weighted by Crippen LogP contribution is -2.37. The Morgan fingerprint density at radius 1 is 1.00 bits per heavy atom. The third-order valence-electron chi connectivity index (χ3n) is 6.38. The number of anilines is 1. The van der Waals surface area contributed by atoms with E-state index in [1.807, 2.05) is 47.8 Å². The highest BCUT2D eigenvalue weighted by Gasteiger charge is 2.25. The summed E-state index contributed by atoms with van der Waals surface area (Å²) >= 11 is 1.35. The summed E-state index contributed by atoms with van der Waals surface area (Å²) in [5.74, 6) is -0.945. The Balaban J connectivity index is 1.38. The number of benzene rings is 2. The van der Waals surface area contributed by atoms with Crippen LogP contribution < -0.4 is 10.6 Å². The number of alkyl carbamates (subject to hydrolysis) is 1. The van der Waals surface area contributed by atoms with Gasteiger partial charge in [0.1, 0.15) is 5.60 Å². The number of carbonyl (C=O) groups is 2. The number of carbonyl (C=O) groups excluding carboxylic acids is 2. The first-order valence-electron chi connectivity index (χ1n) is 13.2. The number of nitrogens with one attached hydrogen (secondary N) is 2. The van der Waals surface area contributed by atoms with Crippen molar-refractivity contribution in [1.29, 1.82) is 0 Å². The van der Waals surface area contributed by atoms with Crippen LogP contribution in [0.2, 0.25) is 0 Å². The normalized spacial score (nSPS) is 12.5. The van der Waals surface area contributed by atoms with Crippen molar-refractivity contribution in [3.05, 3.63) is 102 Å². The number of amides is 2. The molecule has 5 rings (SSSR count). The van der Waals surface area contributed by atoms with Gasteiger partial charge in [-0.3, -0.25) is 4.79 Å². The monoisotopic (exact) mass is 602 g/mol. The van der Waals surface area contributed by atoms with Gasteiger partial charge < -0.3 is 15.4 Å². The number of thiophene rings is 1. The zero-order valence-corrected chi connectivity index (χ0v) is 24.9. The zero-order chi connectivity index (χ0) is 29.9. The van der Waals surface area contributed by atoms with E-state index in [-0.39, 0.29) is 17.3 Å². The number of ether oxygens (including phenoxy) is 1. The van der Waals surface area contributed by atoms with Crippen LogP contribution in [-0.4, -0.2) is 41.5 Å². The van der Waals surface area contributed by atoms with Crippen molar-refractivity contribution in [1.82, 2.24) is 14.3 Å². The topological polar surface area (TPSA) is 119 Å². The summed E-state index contributed by atoms with van der Waals surface area (Å²) in [6.07, 6.45) is 2.47. The van der Waals surface area contributed by atoms with Crippen molar-refractivity contribution < 1.29 is 22.7 Å². The number of hydrogen-bond acceptors (Lipinski definition) is 7. The molecular weight excluding hydrogens is 572 g/mol. The van der Waals surface area contributed by atoms with Crippen molar-refractivity contribution >= 4 is 49.4 Å². The highest BCUT2D eigenvalue weighted by molar-refractivity contribution is 7.90. The largest absolute Gasteiger partial charge is 0.444 e. The lowest BCUT2D eigenvalue weighted by Gasteiger charge is -2.22. The number of nitrogens with zero attached hydrogens (tertiary/aromatic N) is 2. The Morgan fingerprint density at radius 2 is 1.69 bits per heavy atom. The van der Waals surface area contributed by atoms with Gasteiger partial charge in [-0.1, -0.05) is 48.5 Å². The average Bonchev–Trinajstić information content (AvgIpc) is 3.61. The number of aromatic nitrogens is 2. The molecule has 11 heteroatoms. The van der Waals surface area contributed by atoms with Crippen LogP contribution in [-0.2, 0) is 19.6 Å². The predicted molar refractivity (Wildman–Crippen MR) is 164 cm³/mol. The second-order valence-corrected chi connectivity index (χ2v) is 13.3. The van der Waals surface area contributed by atoms with E-state index >= 15 is 0 Å². The van der Waals surface area contributed by atoms with Gasteiger partial charge in [0.2, 0.25) is 5.91 Å². The van der Waals surface area contributed by atoms with Gasteiger partial charge in [0.05, 0.1) is 15.8 Å². The summed E-state index contributed by atoms with van der Waals surface area (Å²) in [6, 6.07) is 22.8. The van der Waals surface area contributed by atoms with Gasteiger partial charge >= 0.3 is 6.09 Å². The molecule has 2 aromatic carbocycles. The summed E-state index contributed by atoms with van der Waals surface area (Å²) in [7, 11) is -3.83. The maximum atomic E-state index is 13.4. The molecule has 42 heavy (non-hydrogen) atoms. The molecule has 9 nitrogen and oxygen atoms in total. The minimum Gasteiger partial charge on any atom is -0.444 e. The van der Waals surface area contributed by atoms with Crippen molar-refractivity contribution in [2.45, 2.75) is 37.2 Å². The molecule has 3 aromatic heterocycles. The minimum absolute atomic E-state index is 0.0529. The van der Waals surface area contributed by atoms with Crippen LogP contribution in [0.5, 0.6) is 0 Å². The van der Waals surface area contributed by atoms with Crippen LogP contribution in [0.4, 0.5) is 9.80 Å². The van der Waals surface area contributed by atoms with E-state index < -0.39 is 27.6 Å². The molecule has 0 fully saturated rings. The number of fused-ring (bicyclic) bond motifs is 1. The van der Waals surface area contributed by atoms with Gasteiger partial charge in [-0.2, -0.15) is 0 Å². The van der Waals surface area contributed by atoms with Gasteiger partial charge in [0.15, 0.2) is 5.65 Å². The molecule has 0 aliphatic heterocycles. The fourth-order valence-electron chi connectivity index (χ4n) is 4.47. The highest BCUT2D eigenvalue weighted by atomic mass is 32.2. The van der Waals surface area contributed by atoms with E-state index in [0.29, 0.717) is 16.0 Å². The van der Waals surface area contributed by atoms with Crippen molar-refractivity contribution in [3.63, 3.8) is 0 Å². The first-order valence-corrected chi connectivity index (χ1v) is 15.5. The molecule has 0 aliphatic rings. The fraction of sp³-hybridized carbons (Fsp3) is 0.194. The molecule has 0 spiro atoms. The lowest BCUT2D eigenvalue weighted by atomic mass is 9.98. The van der Waals surface area contributed by atoms with Crippen LogP contribution in [0, 0.1) is 0 Å². The Labute approximate surface area is 248 Å². The average molecular weight is 603 g/mol. The van der Waals surface area contributed by atoms with Crippen LogP contribution in [0.25, 0.3) is 22.2 Å². The van der Waals surface area contributed by atoms with Crippen LogP contribution in [0.3, 0.4) is 0 Å². The Bertz CT molecular complexity index is 1830. The Kier molecular flexibility index (Phi) is 8.15. The molecule has 0 saturated carbocycles. The molecule has 2 amide bonds. The molecule has 0 saturated heterocycles. The zero-order valence-electron chi connectivity index (χ0n) is 23.3. The number of pyridine rings is 1. The van der Waals surface area contributed by atoms with Gasteiger partial charge in [0.25, 0.3) is 10.0 Å². The molecule has 216 valence electrons. The van der Waals surface area contributed by atoms with E-state index in [9.17, 15) is 18.0 Å². The highest BCUT2D eigenvalue weighted by Crippen LogP contribution is 2.35. The van der Waals surface area contributed by atoms with Crippen LogP contribution >= 0.6 is 11.3 Å². The summed E-state index contributed by atoms with van der Waals surface area (Å²) in [5, 5.41) is 8.84. The maximum Gasteiger partial charge on any atom is 0.407 e. The van der Waals surface area contributed by atoms with Crippen molar-refractivity contribution in [2.24, 2.45) is 0 Å². The van der Waals surface area contributed by atoms with Crippen molar-refractivity contribution in [3.8, 4) is 11.1 Å². The van der Waals surface area contributed by atoms with Gasteiger partial charge in [-0.15, -0.1) is 11.3 Å². The molecule has 0 bridgehead atoms. The first-order chi connectivity index (χ1) is 20.0. The first kappa shape index (κ1) is 29.0. The standard InChI is InChI=1S/C31H30N4O5S2/c1-31(2,3)40-30(37)33-19-26(21-10-6-4-7-11-21)29(36)34-27-18-22(20-41-27)24-14-16-32-28-25(24)15-17-35(28)42(38,39)23-12-8-5-9-13-23/h4-18,20,26H,19H2,1-3H3,(H,33,37)(H,34,36). The molecule has 5 aromatic rings. The molecule has 2 N–H and O–H groups in total. The third-order valence-corrected chi connectivity index (χ3v) is 8.91. The predicted octanol–water partition coefficient (Wildman–Crippen LogP) is 6.25. The van der Waals surface area contributed by atoms with E-state index in [0.717, 1.165) is 16.7 Å². The van der Waals surface area contributed by atoms with E-state index in [4.69, 9.17) is 4.74 Å². The molecule has 1 atom stereocenters. The summed E-state index contributed by atoms with van der Waals surface area (Å²) in [4.78, 5) is 30.3. The Hall–Kier alpha value is -4.48. The molecule has 3 heterocycles. The third kappa shape index (κ3) is 6.37. The number of hydrogen-bond donors (Lipinski definition) is 2. The second kappa shape index (κ2) is 11.8. The van der Waals surface area contributed by atoms with Crippen LogP contribution in [0.1, 0.15) is 32.3 Å². The van der Waals surface area contributed by atoms with E-state index in [1.54, 1.807) is 63.4 Å². The molecule has 1 unspecified atom stereocenters. The Morgan fingerprint density at radius 3 is 2.38 bits per heavy atom. The second-order valence-electron chi connectivity index (χ2n) is 10.6. The summed E-state index contributed by atoms with van der Waals surface area (Å²) in [6.45, 7) is 5.37. The maximum absolute atomic E-state index is 13.4. The van der Waals surface area contributed by atoms with Crippen LogP contribution in [0.15, 0.2) is 102 Å². The fourth-order valence-corrected chi connectivity index (χ4v) is 6.59. The number of rotatable bonds is 8. The van der Waals surface area contributed by atoms with Gasteiger partial charge in [-0.25, -0.2) is 22.2 Å². The van der Waals surface area contributed by atoms with Crippen molar-refractivity contribution in [2.75, 3.05) is 11.9 Å². The molecular formula is C31H30N4O5S2. The minimum atomic E-state index is -3.83.